The van der Waals surface area contributed by atoms with Gasteiger partial charge in [-0.3, -0.25) is 9.71 Å². The number of halogens is 2. The number of hydrogen-bond acceptors (Lipinski definition) is 7. The molecule has 1 aromatic heterocycles. The van der Waals surface area contributed by atoms with Gasteiger partial charge in [0.1, 0.15) is 11.0 Å². The second-order valence-corrected chi connectivity index (χ2v) is 9.64. The van der Waals surface area contributed by atoms with E-state index in [1.54, 1.807) is 24.3 Å². The lowest BCUT2D eigenvalue weighted by molar-refractivity contribution is -0.212. The minimum atomic E-state index is -3.94. The van der Waals surface area contributed by atoms with Crippen LogP contribution in [0.15, 0.2) is 75.0 Å². The fraction of sp³-hybridized carbons (Fsp3) is 0. The first-order chi connectivity index (χ1) is 14.3. The van der Waals surface area contributed by atoms with Crippen LogP contribution in [0, 0.1) is 0 Å². The summed E-state index contributed by atoms with van der Waals surface area (Å²) in [5, 5.41) is 13.3. The molecule has 0 bridgehead atoms. The van der Waals surface area contributed by atoms with E-state index in [-0.39, 0.29) is 16.1 Å². The van der Waals surface area contributed by atoms with E-state index >= 15 is 0 Å². The molecular formula is C19H11BrClN4O3S2-. The molecule has 0 aliphatic rings. The predicted octanol–water partition coefficient (Wildman–Crippen LogP) is 4.35. The van der Waals surface area contributed by atoms with Crippen LogP contribution < -0.4 is 9.83 Å². The number of rotatable bonds is 5. The van der Waals surface area contributed by atoms with Gasteiger partial charge >= 0.3 is 0 Å². The van der Waals surface area contributed by atoms with Gasteiger partial charge in [0.15, 0.2) is 0 Å². The molecule has 4 aromatic rings. The first-order valence-corrected chi connectivity index (χ1v) is 11.8. The molecule has 152 valence electrons. The molecule has 0 radical (unpaired) electrons. The van der Waals surface area contributed by atoms with Crippen LogP contribution in [-0.2, 0) is 10.0 Å². The van der Waals surface area contributed by atoms with E-state index in [0.29, 0.717) is 26.2 Å². The van der Waals surface area contributed by atoms with Crippen LogP contribution in [0.2, 0.25) is 5.02 Å². The normalized spacial score (nSPS) is 12.3. The molecular weight excluding hydrogens is 512 g/mol. The van der Waals surface area contributed by atoms with Crippen LogP contribution in [0.5, 0.6) is 0 Å². The molecule has 0 atom stereocenters. The summed E-state index contributed by atoms with van der Waals surface area (Å²) in [7, 11) is -3.94. The molecule has 0 spiro atoms. The highest BCUT2D eigenvalue weighted by molar-refractivity contribution is 9.10. The quantitative estimate of drug-likeness (QED) is 0.310. The Balaban J connectivity index is 1.75. The van der Waals surface area contributed by atoms with Gasteiger partial charge in [0.05, 0.1) is 28.0 Å². The average Bonchev–Trinajstić information content (AvgIpc) is 3.19. The molecule has 7 nitrogen and oxygen atoms in total. The molecule has 4 rings (SSSR count). The first kappa shape index (κ1) is 20.7. The summed E-state index contributed by atoms with van der Waals surface area (Å²) in [6.07, 6.45) is 0. The molecule has 0 amide bonds. The highest BCUT2D eigenvalue weighted by Gasteiger charge is 2.16. The van der Waals surface area contributed by atoms with Gasteiger partial charge in [-0.2, -0.15) is 8.75 Å². The Bertz CT molecular complexity index is 1370. The van der Waals surface area contributed by atoms with Gasteiger partial charge in [0, 0.05) is 15.1 Å². The minimum absolute atomic E-state index is 0.0171. The summed E-state index contributed by atoms with van der Waals surface area (Å²) in [4.78, 5) is 4.16. The van der Waals surface area contributed by atoms with Crippen molar-refractivity contribution in [2.75, 3.05) is 4.72 Å². The van der Waals surface area contributed by atoms with Crippen LogP contribution >= 0.6 is 39.3 Å². The lowest BCUT2D eigenvalue weighted by Gasteiger charge is -2.18. The molecule has 11 heteroatoms. The van der Waals surface area contributed by atoms with Crippen molar-refractivity contribution in [2.45, 2.75) is 4.90 Å². The highest BCUT2D eigenvalue weighted by Crippen LogP contribution is 2.28. The molecule has 0 fully saturated rings. The van der Waals surface area contributed by atoms with Gasteiger partial charge in [0.25, 0.3) is 10.0 Å². The zero-order chi connectivity index (χ0) is 21.3. The number of aromatic nitrogens is 2. The first-order valence-electron chi connectivity index (χ1n) is 8.39. The number of benzene rings is 3. The SMILES string of the molecule is O=S(=O)(Nc1ccc(Br)cc1C([O-])=Nc1cccc2nsnc12)c1ccc(Cl)cc1. The second kappa shape index (κ2) is 8.31. The van der Waals surface area contributed by atoms with Gasteiger partial charge in [-0.15, -0.1) is 0 Å². The predicted molar refractivity (Wildman–Crippen MR) is 120 cm³/mol. The molecule has 0 saturated heterocycles. The third-order valence-corrected chi connectivity index (χ3v) is 6.74. The molecule has 0 saturated carbocycles. The van der Waals surface area contributed by atoms with E-state index < -0.39 is 15.9 Å². The summed E-state index contributed by atoms with van der Waals surface area (Å²) >= 11 is 10.2. The highest BCUT2D eigenvalue weighted by atomic mass is 79.9. The molecule has 1 N–H and O–H groups in total. The molecule has 0 aliphatic carbocycles. The third kappa shape index (κ3) is 4.31. The Kier molecular flexibility index (Phi) is 5.74. The third-order valence-electron chi connectivity index (χ3n) is 4.07. The van der Waals surface area contributed by atoms with Gasteiger partial charge in [0.2, 0.25) is 0 Å². The molecule has 3 aromatic carbocycles. The number of anilines is 1. The average molecular weight is 523 g/mol. The summed E-state index contributed by atoms with van der Waals surface area (Å²) in [5.74, 6) is -0.620. The second-order valence-electron chi connectivity index (χ2n) is 6.08. The van der Waals surface area contributed by atoms with E-state index in [0.717, 1.165) is 11.7 Å². The maximum absolute atomic E-state index is 12.9. The van der Waals surface area contributed by atoms with Crippen molar-refractivity contribution in [3.8, 4) is 0 Å². The van der Waals surface area contributed by atoms with Crippen LogP contribution in [0.1, 0.15) is 5.56 Å². The Morgan fingerprint density at radius 2 is 1.87 bits per heavy atom. The van der Waals surface area contributed by atoms with Gasteiger partial charge in [-0.25, -0.2) is 8.42 Å². The number of aliphatic imine (C=N–C) groups is 1. The van der Waals surface area contributed by atoms with Crippen LogP contribution in [0.4, 0.5) is 11.4 Å². The van der Waals surface area contributed by atoms with Gasteiger partial charge in [-0.05, 0) is 60.5 Å². The number of fused-ring (bicyclic) bond motifs is 1. The molecule has 30 heavy (non-hydrogen) atoms. The zero-order valence-corrected chi connectivity index (χ0v) is 18.9. The van der Waals surface area contributed by atoms with Crippen molar-refractivity contribution < 1.29 is 13.5 Å². The molecule has 0 aliphatic heterocycles. The Morgan fingerprint density at radius 1 is 1.10 bits per heavy atom. The van der Waals surface area contributed by atoms with E-state index in [1.807, 2.05) is 0 Å². The topological polar surface area (TPSA) is 107 Å². The molecule has 0 unspecified atom stereocenters. The van der Waals surface area contributed by atoms with Crippen molar-refractivity contribution >= 4 is 77.6 Å². The van der Waals surface area contributed by atoms with Crippen molar-refractivity contribution in [1.29, 1.82) is 0 Å². The fourth-order valence-corrected chi connectivity index (χ4v) is 4.76. The number of sulfonamides is 1. The monoisotopic (exact) mass is 521 g/mol. The van der Waals surface area contributed by atoms with Gasteiger partial charge in [-0.1, -0.05) is 33.6 Å². The standard InChI is InChI=1S/C19H12BrClN4O3S2/c20-11-4-9-15(25-30(27,28)13-7-5-12(21)6-8-13)14(10-11)19(26)22-16-2-1-3-17-18(16)24-29-23-17/h1-10,25H,(H,22,26)/p-1. The van der Waals surface area contributed by atoms with Crippen molar-refractivity contribution in [3.05, 3.63) is 75.7 Å². The summed E-state index contributed by atoms with van der Waals surface area (Å²) < 4.78 is 36.8. The smallest absolute Gasteiger partial charge is 0.261 e. The summed E-state index contributed by atoms with van der Waals surface area (Å²) in [6, 6.07) is 15.5. The van der Waals surface area contributed by atoms with E-state index in [2.05, 4.69) is 34.4 Å². The van der Waals surface area contributed by atoms with Gasteiger partial charge < -0.3 is 5.11 Å². The summed E-state index contributed by atoms with van der Waals surface area (Å²) in [6.45, 7) is 0. The van der Waals surface area contributed by atoms with Crippen LogP contribution in [0.25, 0.3) is 11.0 Å². The maximum atomic E-state index is 12.9. The van der Waals surface area contributed by atoms with E-state index in [9.17, 15) is 13.5 Å². The van der Waals surface area contributed by atoms with Crippen LogP contribution in [0.3, 0.4) is 0 Å². The number of hydrogen-bond donors (Lipinski definition) is 1. The lowest BCUT2D eigenvalue weighted by Crippen LogP contribution is -2.22. The Labute approximate surface area is 189 Å². The van der Waals surface area contributed by atoms with Crippen molar-refractivity contribution in [3.63, 3.8) is 0 Å². The van der Waals surface area contributed by atoms with Crippen molar-refractivity contribution in [2.24, 2.45) is 4.99 Å². The Hall–Kier alpha value is -2.53. The number of nitrogens with zero attached hydrogens (tertiary/aromatic N) is 3. The van der Waals surface area contributed by atoms with E-state index in [4.69, 9.17) is 11.6 Å². The van der Waals surface area contributed by atoms with E-state index in [1.165, 1.54) is 36.4 Å². The van der Waals surface area contributed by atoms with Crippen LogP contribution in [-0.4, -0.2) is 23.1 Å². The fourth-order valence-electron chi connectivity index (χ4n) is 2.65. The minimum Gasteiger partial charge on any atom is -0.858 e. The summed E-state index contributed by atoms with van der Waals surface area (Å²) in [5.41, 5.74) is 1.69. The maximum Gasteiger partial charge on any atom is 0.261 e. The molecule has 1 heterocycles. The lowest BCUT2D eigenvalue weighted by atomic mass is 10.2. The Morgan fingerprint density at radius 3 is 2.63 bits per heavy atom. The van der Waals surface area contributed by atoms with Crippen molar-refractivity contribution in [1.82, 2.24) is 8.75 Å². The number of nitrogens with one attached hydrogen (secondary N) is 1. The zero-order valence-electron chi connectivity index (χ0n) is 14.9. The largest absolute Gasteiger partial charge is 0.858 e.